The van der Waals surface area contributed by atoms with Gasteiger partial charge in [0.05, 0.1) is 0 Å². The number of aryl methyl sites for hydroxylation is 2. The van der Waals surface area contributed by atoms with Crippen LogP contribution in [0.2, 0.25) is 0 Å². The second kappa shape index (κ2) is 6.67. The quantitative estimate of drug-likeness (QED) is 0.628. The molecule has 0 unspecified atom stereocenters. The normalized spacial score (nSPS) is 10.9. The lowest BCUT2D eigenvalue weighted by atomic mass is 10.3. The third-order valence-electron chi connectivity index (χ3n) is 2.73. The highest BCUT2D eigenvalue weighted by molar-refractivity contribution is 5.13. The molecule has 0 saturated carbocycles. The lowest BCUT2D eigenvalue weighted by molar-refractivity contribution is 0.126. The van der Waals surface area contributed by atoms with E-state index in [2.05, 4.69) is 37.5 Å². The third-order valence-corrected chi connectivity index (χ3v) is 2.73. The molecular formula is C13H23NO. The fourth-order valence-corrected chi connectivity index (χ4v) is 1.73. The van der Waals surface area contributed by atoms with E-state index in [0.29, 0.717) is 0 Å². The van der Waals surface area contributed by atoms with E-state index in [-0.39, 0.29) is 0 Å². The Bertz CT molecular complexity index is 259. The molecular weight excluding hydrogens is 186 g/mol. The molecule has 0 aromatic carbocycles. The van der Waals surface area contributed by atoms with Gasteiger partial charge in [-0.3, -0.25) is 0 Å². The van der Waals surface area contributed by atoms with Crippen LogP contribution < -0.4 is 0 Å². The van der Waals surface area contributed by atoms with Gasteiger partial charge in [0.15, 0.2) is 0 Å². The summed E-state index contributed by atoms with van der Waals surface area (Å²) in [6, 6.07) is 4.35. The Morgan fingerprint density at radius 2 is 1.67 bits per heavy atom. The largest absolute Gasteiger partial charge is 0.381 e. The molecule has 0 N–H and O–H groups in total. The first-order chi connectivity index (χ1) is 7.25. The van der Waals surface area contributed by atoms with Gasteiger partial charge in [0.1, 0.15) is 0 Å². The summed E-state index contributed by atoms with van der Waals surface area (Å²) in [6.07, 6.45) is 3.51. The molecule has 1 aromatic heterocycles. The number of hydrogen-bond acceptors (Lipinski definition) is 1. The van der Waals surface area contributed by atoms with Gasteiger partial charge < -0.3 is 9.30 Å². The van der Waals surface area contributed by atoms with Crippen LogP contribution in [-0.4, -0.2) is 17.8 Å². The molecule has 0 fully saturated rings. The van der Waals surface area contributed by atoms with Crippen LogP contribution in [0.1, 0.15) is 37.6 Å². The van der Waals surface area contributed by atoms with Crippen molar-refractivity contribution < 1.29 is 4.74 Å². The minimum absolute atomic E-state index is 0.886. The molecule has 0 amide bonds. The molecule has 1 heterocycles. The molecule has 0 aliphatic heterocycles. The number of hydrogen-bond donors (Lipinski definition) is 0. The summed E-state index contributed by atoms with van der Waals surface area (Å²) in [6.45, 7) is 9.39. The molecule has 15 heavy (non-hydrogen) atoms. The van der Waals surface area contributed by atoms with Crippen LogP contribution in [0.25, 0.3) is 0 Å². The van der Waals surface area contributed by atoms with Gasteiger partial charge in [0.2, 0.25) is 0 Å². The Kier molecular flexibility index (Phi) is 5.48. The fourth-order valence-electron chi connectivity index (χ4n) is 1.73. The van der Waals surface area contributed by atoms with Crippen LogP contribution in [-0.2, 0) is 11.3 Å². The fraction of sp³-hybridized carbons (Fsp3) is 0.692. The summed E-state index contributed by atoms with van der Waals surface area (Å²) in [7, 11) is 0. The zero-order chi connectivity index (χ0) is 11.1. The van der Waals surface area contributed by atoms with Gasteiger partial charge >= 0.3 is 0 Å². The summed E-state index contributed by atoms with van der Waals surface area (Å²) in [4.78, 5) is 0. The third kappa shape index (κ3) is 4.08. The van der Waals surface area contributed by atoms with Gasteiger partial charge in [0, 0.05) is 31.1 Å². The van der Waals surface area contributed by atoms with Gasteiger partial charge in [-0.2, -0.15) is 0 Å². The Morgan fingerprint density at radius 3 is 2.27 bits per heavy atom. The molecule has 0 radical (unpaired) electrons. The van der Waals surface area contributed by atoms with E-state index < -0.39 is 0 Å². The van der Waals surface area contributed by atoms with Crippen molar-refractivity contribution in [2.45, 2.75) is 46.6 Å². The van der Waals surface area contributed by atoms with Crippen molar-refractivity contribution >= 4 is 0 Å². The minimum Gasteiger partial charge on any atom is -0.381 e. The van der Waals surface area contributed by atoms with Crippen molar-refractivity contribution in [2.75, 3.05) is 13.2 Å². The van der Waals surface area contributed by atoms with E-state index in [1.807, 2.05) is 0 Å². The molecule has 0 atom stereocenters. The summed E-state index contributed by atoms with van der Waals surface area (Å²) >= 11 is 0. The van der Waals surface area contributed by atoms with Crippen molar-refractivity contribution in [2.24, 2.45) is 0 Å². The minimum atomic E-state index is 0.886. The second-order valence-electron chi connectivity index (χ2n) is 4.09. The molecule has 2 heteroatoms. The van der Waals surface area contributed by atoms with Crippen LogP contribution in [0.5, 0.6) is 0 Å². The maximum Gasteiger partial charge on any atom is 0.0483 e. The Balaban J connectivity index is 2.15. The first-order valence-electron chi connectivity index (χ1n) is 5.96. The lowest BCUT2D eigenvalue weighted by Gasteiger charge is -2.09. The van der Waals surface area contributed by atoms with Crippen molar-refractivity contribution in [1.82, 2.24) is 4.57 Å². The monoisotopic (exact) mass is 209 g/mol. The Labute approximate surface area is 93.2 Å². The Morgan fingerprint density at radius 1 is 1.07 bits per heavy atom. The van der Waals surface area contributed by atoms with E-state index in [4.69, 9.17) is 4.74 Å². The van der Waals surface area contributed by atoms with E-state index in [0.717, 1.165) is 26.2 Å². The molecule has 0 bridgehead atoms. The highest BCUT2D eigenvalue weighted by atomic mass is 16.5. The maximum atomic E-state index is 5.54. The zero-order valence-corrected chi connectivity index (χ0v) is 10.3. The number of aromatic nitrogens is 1. The molecule has 1 aromatic rings. The summed E-state index contributed by atoms with van der Waals surface area (Å²) in [5, 5.41) is 0. The van der Waals surface area contributed by atoms with Gasteiger partial charge in [-0.1, -0.05) is 13.3 Å². The summed E-state index contributed by atoms with van der Waals surface area (Å²) < 4.78 is 7.89. The molecule has 0 saturated heterocycles. The molecule has 1 rings (SSSR count). The number of ether oxygens (including phenoxy) is 1. The first-order valence-corrected chi connectivity index (χ1v) is 5.96. The number of unbranched alkanes of at least 4 members (excludes halogenated alkanes) is 1. The second-order valence-corrected chi connectivity index (χ2v) is 4.09. The van der Waals surface area contributed by atoms with Gasteiger partial charge in [-0.25, -0.2) is 0 Å². The van der Waals surface area contributed by atoms with Crippen molar-refractivity contribution in [1.29, 1.82) is 0 Å². The average Bonchev–Trinajstić information content (AvgIpc) is 2.54. The maximum absolute atomic E-state index is 5.54. The first kappa shape index (κ1) is 12.3. The molecule has 86 valence electrons. The Hall–Kier alpha value is -0.760. The van der Waals surface area contributed by atoms with Gasteiger partial charge in [-0.05, 0) is 38.8 Å². The van der Waals surface area contributed by atoms with Crippen LogP contribution in [0.15, 0.2) is 12.1 Å². The standard InChI is InChI=1S/C13H23NO/c1-4-5-10-15-11-6-9-14-12(2)7-8-13(14)3/h7-8H,4-6,9-11H2,1-3H3. The zero-order valence-electron chi connectivity index (χ0n) is 10.3. The highest BCUT2D eigenvalue weighted by Gasteiger charge is 1.99. The number of nitrogens with zero attached hydrogens (tertiary/aromatic N) is 1. The van der Waals surface area contributed by atoms with Gasteiger partial charge in [-0.15, -0.1) is 0 Å². The van der Waals surface area contributed by atoms with E-state index in [1.54, 1.807) is 0 Å². The van der Waals surface area contributed by atoms with E-state index in [1.165, 1.54) is 24.2 Å². The summed E-state index contributed by atoms with van der Waals surface area (Å²) in [5.41, 5.74) is 2.70. The van der Waals surface area contributed by atoms with Gasteiger partial charge in [0.25, 0.3) is 0 Å². The number of rotatable bonds is 7. The molecule has 0 aliphatic carbocycles. The van der Waals surface area contributed by atoms with Crippen molar-refractivity contribution in [3.8, 4) is 0 Å². The molecule has 2 nitrogen and oxygen atoms in total. The SMILES string of the molecule is CCCCOCCCn1c(C)ccc1C. The van der Waals surface area contributed by atoms with Crippen LogP contribution in [0, 0.1) is 13.8 Å². The van der Waals surface area contributed by atoms with Crippen LogP contribution in [0.4, 0.5) is 0 Å². The van der Waals surface area contributed by atoms with Crippen LogP contribution >= 0.6 is 0 Å². The molecule has 0 aliphatic rings. The molecule has 0 spiro atoms. The highest BCUT2D eigenvalue weighted by Crippen LogP contribution is 2.07. The predicted molar refractivity (Wildman–Crippen MR) is 64.3 cm³/mol. The topological polar surface area (TPSA) is 14.2 Å². The predicted octanol–water partition coefficient (Wildman–Crippen LogP) is 3.31. The van der Waals surface area contributed by atoms with Crippen molar-refractivity contribution in [3.05, 3.63) is 23.5 Å². The van der Waals surface area contributed by atoms with E-state index >= 15 is 0 Å². The average molecular weight is 209 g/mol. The smallest absolute Gasteiger partial charge is 0.0483 e. The van der Waals surface area contributed by atoms with Crippen LogP contribution in [0.3, 0.4) is 0 Å². The summed E-state index contributed by atoms with van der Waals surface area (Å²) in [5.74, 6) is 0. The van der Waals surface area contributed by atoms with E-state index in [9.17, 15) is 0 Å². The van der Waals surface area contributed by atoms with Crippen molar-refractivity contribution in [3.63, 3.8) is 0 Å². The lowest BCUT2D eigenvalue weighted by Crippen LogP contribution is -2.06.